The number of nitrogens with one attached hydrogen (secondary N) is 2. The van der Waals surface area contributed by atoms with Crippen LogP contribution < -0.4 is 15.8 Å². The predicted octanol–water partition coefficient (Wildman–Crippen LogP) is 2.35. The van der Waals surface area contributed by atoms with Gasteiger partial charge in [-0.05, 0) is 31.5 Å². The molecule has 1 unspecified atom stereocenters. The van der Waals surface area contributed by atoms with Gasteiger partial charge in [-0.1, -0.05) is 13.0 Å². The second-order valence-electron chi connectivity index (χ2n) is 5.24. The van der Waals surface area contributed by atoms with E-state index >= 15 is 0 Å². The van der Waals surface area contributed by atoms with Crippen LogP contribution in [0.2, 0.25) is 0 Å². The van der Waals surface area contributed by atoms with Crippen molar-refractivity contribution in [1.29, 1.82) is 0 Å². The number of hydrogen-bond acceptors (Lipinski definition) is 6. The molecule has 0 spiro atoms. The fourth-order valence-corrected chi connectivity index (χ4v) is 3.89. The lowest BCUT2D eigenvalue weighted by molar-refractivity contribution is 0.102. The van der Waals surface area contributed by atoms with Crippen molar-refractivity contribution in [3.63, 3.8) is 0 Å². The van der Waals surface area contributed by atoms with Crippen LogP contribution in [0.5, 0.6) is 0 Å². The Labute approximate surface area is 157 Å². The van der Waals surface area contributed by atoms with Gasteiger partial charge < -0.3 is 11.1 Å². The largest absolute Gasteiger partial charge is 0.325 e. The lowest BCUT2D eigenvalue weighted by atomic mass is 10.3. The topological polar surface area (TPSA) is 114 Å². The van der Waals surface area contributed by atoms with Gasteiger partial charge in [0.05, 0.1) is 4.90 Å². The number of thiazole rings is 1. The Balaban J connectivity index is 0.00000312. The van der Waals surface area contributed by atoms with E-state index in [4.69, 9.17) is 5.73 Å². The second kappa shape index (κ2) is 9.25. The van der Waals surface area contributed by atoms with Gasteiger partial charge in [0, 0.05) is 23.7 Å². The summed E-state index contributed by atoms with van der Waals surface area (Å²) < 4.78 is 27.2. The molecule has 0 saturated carbocycles. The van der Waals surface area contributed by atoms with Crippen molar-refractivity contribution in [2.75, 3.05) is 5.32 Å². The summed E-state index contributed by atoms with van der Waals surface area (Å²) in [5.41, 5.74) is 6.12. The lowest BCUT2D eigenvalue weighted by Crippen LogP contribution is -2.32. The number of sulfonamides is 1. The molecule has 1 aromatic heterocycles. The highest BCUT2D eigenvalue weighted by atomic mass is 35.5. The van der Waals surface area contributed by atoms with Crippen molar-refractivity contribution in [3.05, 3.63) is 40.3 Å². The number of anilines is 1. The zero-order chi connectivity index (χ0) is 17.7. The van der Waals surface area contributed by atoms with Crippen LogP contribution >= 0.6 is 23.7 Å². The lowest BCUT2D eigenvalue weighted by Gasteiger charge is -2.13. The molecular weight excluding hydrogens is 384 g/mol. The summed E-state index contributed by atoms with van der Waals surface area (Å²) in [5.74, 6) is -0.407. The summed E-state index contributed by atoms with van der Waals surface area (Å²) in [4.78, 5) is 16.4. The van der Waals surface area contributed by atoms with Crippen LogP contribution in [-0.4, -0.2) is 25.4 Å². The Morgan fingerprint density at radius 1 is 1.40 bits per heavy atom. The molecule has 1 heterocycles. The average Bonchev–Trinajstić information content (AvgIpc) is 3.04. The monoisotopic (exact) mass is 404 g/mol. The first-order valence-corrected chi connectivity index (χ1v) is 9.80. The Kier molecular flexibility index (Phi) is 7.97. The molecule has 0 saturated heterocycles. The fraction of sp³-hybridized carbons (Fsp3) is 0.333. The van der Waals surface area contributed by atoms with Crippen LogP contribution in [0.15, 0.2) is 34.5 Å². The fourth-order valence-electron chi connectivity index (χ4n) is 1.86. The van der Waals surface area contributed by atoms with Crippen LogP contribution in [0.1, 0.15) is 35.8 Å². The van der Waals surface area contributed by atoms with E-state index in [9.17, 15) is 13.2 Å². The number of nitrogens with two attached hydrogens (primary N) is 1. The molecule has 0 aliphatic heterocycles. The quantitative estimate of drug-likeness (QED) is 0.655. The molecule has 10 heteroatoms. The third-order valence-electron chi connectivity index (χ3n) is 3.33. The first-order valence-electron chi connectivity index (χ1n) is 7.44. The van der Waals surface area contributed by atoms with Gasteiger partial charge in [0.25, 0.3) is 5.91 Å². The third-order valence-corrected chi connectivity index (χ3v) is 5.79. The van der Waals surface area contributed by atoms with Crippen LogP contribution in [-0.2, 0) is 16.6 Å². The molecule has 1 atom stereocenters. The molecule has 138 valence electrons. The average molecular weight is 405 g/mol. The molecule has 0 aliphatic carbocycles. The van der Waals surface area contributed by atoms with Gasteiger partial charge in [-0.3, -0.25) is 4.79 Å². The van der Waals surface area contributed by atoms with E-state index in [0.29, 0.717) is 17.1 Å². The Hall–Kier alpha value is -1.52. The van der Waals surface area contributed by atoms with Gasteiger partial charge in [-0.25, -0.2) is 18.1 Å². The Bertz CT molecular complexity index is 824. The van der Waals surface area contributed by atoms with Gasteiger partial charge >= 0.3 is 0 Å². The number of benzene rings is 1. The number of amides is 1. The summed E-state index contributed by atoms with van der Waals surface area (Å²) >= 11 is 1.30. The van der Waals surface area contributed by atoms with E-state index in [1.165, 1.54) is 23.5 Å². The molecule has 4 N–H and O–H groups in total. The van der Waals surface area contributed by atoms with Crippen LogP contribution in [0, 0.1) is 0 Å². The van der Waals surface area contributed by atoms with Gasteiger partial charge in [0.2, 0.25) is 10.0 Å². The number of rotatable bonds is 7. The minimum absolute atomic E-state index is 0. The van der Waals surface area contributed by atoms with Gasteiger partial charge in [0.15, 0.2) is 0 Å². The van der Waals surface area contributed by atoms with E-state index in [2.05, 4.69) is 15.0 Å². The van der Waals surface area contributed by atoms with E-state index in [-0.39, 0.29) is 35.6 Å². The van der Waals surface area contributed by atoms with E-state index in [1.54, 1.807) is 24.4 Å². The molecule has 1 aromatic carbocycles. The number of aromatic nitrogens is 1. The number of hydrogen-bond donors (Lipinski definition) is 3. The van der Waals surface area contributed by atoms with E-state index < -0.39 is 15.9 Å². The number of carbonyl (C=O) groups excluding carboxylic acids is 1. The molecule has 0 fully saturated rings. The number of nitrogens with zero attached hydrogens (tertiary/aromatic N) is 1. The molecule has 2 aromatic rings. The van der Waals surface area contributed by atoms with E-state index in [0.717, 1.165) is 0 Å². The van der Waals surface area contributed by atoms with Crippen LogP contribution in [0.3, 0.4) is 0 Å². The highest BCUT2D eigenvalue weighted by Crippen LogP contribution is 2.17. The molecule has 0 bridgehead atoms. The summed E-state index contributed by atoms with van der Waals surface area (Å²) in [6, 6.07) is 5.93. The SMILES string of the molecule is CCC(C)NS(=O)(=O)c1cccc(NC(=O)c2csc(CN)n2)c1.Cl. The highest BCUT2D eigenvalue weighted by molar-refractivity contribution is 7.89. The van der Waals surface area contributed by atoms with Crippen molar-refractivity contribution in [3.8, 4) is 0 Å². The maximum absolute atomic E-state index is 12.3. The third kappa shape index (κ3) is 5.75. The van der Waals surface area contributed by atoms with Crippen LogP contribution in [0.25, 0.3) is 0 Å². The maximum atomic E-state index is 12.3. The molecule has 2 rings (SSSR count). The molecule has 25 heavy (non-hydrogen) atoms. The minimum Gasteiger partial charge on any atom is -0.325 e. The number of halogens is 1. The summed E-state index contributed by atoms with van der Waals surface area (Å²) in [7, 11) is -3.63. The van der Waals surface area contributed by atoms with Gasteiger partial charge in [-0.15, -0.1) is 23.7 Å². The Morgan fingerprint density at radius 2 is 2.12 bits per heavy atom. The van der Waals surface area contributed by atoms with Crippen molar-refractivity contribution >= 4 is 45.4 Å². The maximum Gasteiger partial charge on any atom is 0.275 e. The van der Waals surface area contributed by atoms with E-state index in [1.807, 2.05) is 6.92 Å². The van der Waals surface area contributed by atoms with Gasteiger partial charge in [-0.2, -0.15) is 0 Å². The Morgan fingerprint density at radius 3 is 2.72 bits per heavy atom. The van der Waals surface area contributed by atoms with Crippen molar-refractivity contribution < 1.29 is 13.2 Å². The second-order valence-corrected chi connectivity index (χ2v) is 7.90. The smallest absolute Gasteiger partial charge is 0.275 e. The van der Waals surface area contributed by atoms with Gasteiger partial charge in [0.1, 0.15) is 10.7 Å². The number of carbonyl (C=O) groups is 1. The van der Waals surface area contributed by atoms with Crippen molar-refractivity contribution in [1.82, 2.24) is 9.71 Å². The highest BCUT2D eigenvalue weighted by Gasteiger charge is 2.17. The molecule has 0 aliphatic rings. The summed E-state index contributed by atoms with van der Waals surface area (Å²) in [5, 5.41) is 4.92. The summed E-state index contributed by atoms with van der Waals surface area (Å²) in [6.07, 6.45) is 0.683. The standard InChI is InChI=1S/C15H20N4O3S2.ClH/c1-3-10(2)19-24(21,22)12-6-4-5-11(7-12)17-15(20)13-9-23-14(8-16)18-13;/h4-7,9-10,19H,3,8,16H2,1-2H3,(H,17,20);1H. The van der Waals surface area contributed by atoms with Crippen LogP contribution in [0.4, 0.5) is 5.69 Å². The minimum atomic E-state index is -3.63. The molecule has 7 nitrogen and oxygen atoms in total. The molecule has 1 amide bonds. The molecule has 0 radical (unpaired) electrons. The first-order chi connectivity index (χ1) is 11.4. The predicted molar refractivity (Wildman–Crippen MR) is 102 cm³/mol. The first kappa shape index (κ1) is 21.5. The normalized spacial score (nSPS) is 12.3. The van der Waals surface area contributed by atoms with Crippen molar-refractivity contribution in [2.45, 2.75) is 37.8 Å². The zero-order valence-corrected chi connectivity index (χ0v) is 16.3. The zero-order valence-electron chi connectivity index (χ0n) is 13.9. The molecular formula is C15H21ClN4O3S2. The van der Waals surface area contributed by atoms with Crippen molar-refractivity contribution in [2.24, 2.45) is 5.73 Å². The summed E-state index contributed by atoms with van der Waals surface area (Å²) in [6.45, 7) is 3.96.